The second kappa shape index (κ2) is 17.7. The average Bonchev–Trinajstić information content (AvgIpc) is 2.69. The van der Waals surface area contributed by atoms with E-state index < -0.39 is 0 Å². The molecular weight excluding hydrogens is 332 g/mol. The van der Waals surface area contributed by atoms with E-state index in [-0.39, 0.29) is 0 Å². The van der Waals surface area contributed by atoms with Gasteiger partial charge in [-0.3, -0.25) is 4.98 Å². The fourth-order valence-electron chi connectivity index (χ4n) is 2.63. The highest BCUT2D eigenvalue weighted by Gasteiger charge is 2.02. The van der Waals surface area contributed by atoms with Crippen LogP contribution in [0, 0.1) is 6.92 Å². The van der Waals surface area contributed by atoms with E-state index in [4.69, 9.17) is 0 Å². The minimum absolute atomic E-state index is 0.767. The molecule has 2 aromatic rings. The lowest BCUT2D eigenvalue weighted by Gasteiger charge is -2.04. The van der Waals surface area contributed by atoms with E-state index in [1.807, 2.05) is 20.0 Å². The third kappa shape index (κ3) is 12.3. The van der Waals surface area contributed by atoms with Gasteiger partial charge in [0, 0.05) is 19.4 Å². The molecule has 2 rings (SSSR count). The first-order valence-corrected chi connectivity index (χ1v) is 10.9. The predicted molar refractivity (Wildman–Crippen MR) is 120 cm³/mol. The van der Waals surface area contributed by atoms with Crippen molar-refractivity contribution in [1.82, 2.24) is 15.0 Å². The van der Waals surface area contributed by atoms with Gasteiger partial charge >= 0.3 is 0 Å². The summed E-state index contributed by atoms with van der Waals surface area (Å²) >= 11 is 0. The van der Waals surface area contributed by atoms with Gasteiger partial charge in [0.2, 0.25) is 0 Å². The van der Waals surface area contributed by atoms with Crippen LogP contribution in [-0.2, 0) is 0 Å². The van der Waals surface area contributed by atoms with E-state index in [9.17, 15) is 0 Å². The Morgan fingerprint density at radius 1 is 0.778 bits per heavy atom. The average molecular weight is 375 g/mol. The monoisotopic (exact) mass is 374 g/mol. The Bertz CT molecular complexity index is 566. The number of pyridine rings is 1. The lowest BCUT2D eigenvalue weighted by atomic mass is 10.2. The van der Waals surface area contributed by atoms with Gasteiger partial charge < -0.3 is 5.32 Å². The number of hydrogen-bond donors (Lipinski definition) is 1. The molecule has 0 fully saturated rings. The van der Waals surface area contributed by atoms with Crippen LogP contribution in [0.15, 0.2) is 18.5 Å². The minimum Gasteiger partial charge on any atom is -0.372 e. The van der Waals surface area contributed by atoms with Crippen molar-refractivity contribution >= 4 is 16.7 Å². The summed E-state index contributed by atoms with van der Waals surface area (Å²) in [6, 6.07) is 1.88. The summed E-state index contributed by atoms with van der Waals surface area (Å²) in [4.78, 5) is 12.6. The van der Waals surface area contributed by atoms with Gasteiger partial charge in [0.25, 0.3) is 0 Å². The second-order valence-electron chi connectivity index (χ2n) is 6.88. The molecule has 4 nitrogen and oxygen atoms in total. The summed E-state index contributed by atoms with van der Waals surface area (Å²) in [5.41, 5.74) is 0.923. The highest BCUT2D eigenvalue weighted by molar-refractivity contribution is 5.87. The predicted octanol–water partition coefficient (Wildman–Crippen LogP) is 7.33. The van der Waals surface area contributed by atoms with Crippen molar-refractivity contribution in [3.63, 3.8) is 0 Å². The SMILES string of the molecule is CCCCCCC.CCCCCCC.CNc1nc(C)nc2ccncc12. The Balaban J connectivity index is 0.000000416. The van der Waals surface area contributed by atoms with Crippen molar-refractivity contribution in [3.8, 4) is 0 Å². The normalized spacial score (nSPS) is 9.85. The maximum atomic E-state index is 4.29. The molecule has 0 atom stereocenters. The van der Waals surface area contributed by atoms with Crippen LogP contribution in [-0.4, -0.2) is 22.0 Å². The Morgan fingerprint density at radius 3 is 1.74 bits per heavy atom. The van der Waals surface area contributed by atoms with Gasteiger partial charge in [-0.05, 0) is 13.0 Å². The molecule has 0 saturated carbocycles. The number of nitrogens with one attached hydrogen (secondary N) is 1. The van der Waals surface area contributed by atoms with Gasteiger partial charge in [-0.2, -0.15) is 0 Å². The van der Waals surface area contributed by atoms with E-state index in [1.54, 1.807) is 12.4 Å². The van der Waals surface area contributed by atoms with Crippen LogP contribution < -0.4 is 5.32 Å². The summed E-state index contributed by atoms with van der Waals surface area (Å²) < 4.78 is 0. The highest BCUT2D eigenvalue weighted by Crippen LogP contribution is 2.17. The van der Waals surface area contributed by atoms with Crippen molar-refractivity contribution in [1.29, 1.82) is 0 Å². The maximum Gasteiger partial charge on any atom is 0.138 e. The molecule has 0 radical (unpaired) electrons. The Morgan fingerprint density at radius 2 is 1.30 bits per heavy atom. The summed E-state index contributed by atoms with van der Waals surface area (Å²) in [6.07, 6.45) is 17.5. The van der Waals surface area contributed by atoms with Crippen molar-refractivity contribution in [3.05, 3.63) is 24.3 Å². The van der Waals surface area contributed by atoms with Crippen molar-refractivity contribution < 1.29 is 0 Å². The molecule has 2 aromatic heterocycles. The molecule has 0 aliphatic rings. The van der Waals surface area contributed by atoms with E-state index >= 15 is 0 Å². The van der Waals surface area contributed by atoms with Crippen LogP contribution in [0.25, 0.3) is 10.9 Å². The summed E-state index contributed by atoms with van der Waals surface area (Å²) in [7, 11) is 1.84. The first kappa shape index (κ1) is 25.3. The van der Waals surface area contributed by atoms with Crippen molar-refractivity contribution in [2.24, 2.45) is 0 Å². The van der Waals surface area contributed by atoms with Gasteiger partial charge in [0.1, 0.15) is 11.6 Å². The van der Waals surface area contributed by atoms with Gasteiger partial charge in [-0.1, -0.05) is 91.9 Å². The number of fused-ring (bicyclic) bond motifs is 1. The molecular formula is C23H42N4. The zero-order valence-electron chi connectivity index (χ0n) is 18.6. The number of anilines is 1. The number of hydrogen-bond acceptors (Lipinski definition) is 4. The topological polar surface area (TPSA) is 50.7 Å². The number of rotatable bonds is 9. The maximum absolute atomic E-state index is 4.29. The molecule has 27 heavy (non-hydrogen) atoms. The number of unbranched alkanes of at least 4 members (excludes halogenated alkanes) is 8. The standard InChI is InChI=1S/C9H10N4.2C7H16/c1-6-12-8-3-4-11-5-7(8)9(10-2)13-6;2*1-3-5-7-6-4-2/h3-5H,1-2H3,(H,10,12,13);2*3-7H2,1-2H3. The van der Waals surface area contributed by atoms with E-state index in [0.717, 1.165) is 22.5 Å². The Labute approximate surface area is 167 Å². The lowest BCUT2D eigenvalue weighted by molar-refractivity contribution is 0.656. The molecule has 0 aromatic carbocycles. The largest absolute Gasteiger partial charge is 0.372 e. The summed E-state index contributed by atoms with van der Waals surface area (Å²) in [5, 5.41) is 3.97. The van der Waals surface area contributed by atoms with E-state index in [2.05, 4.69) is 48.0 Å². The van der Waals surface area contributed by atoms with Gasteiger partial charge in [0.15, 0.2) is 0 Å². The Kier molecular flexibility index (Phi) is 16.6. The minimum atomic E-state index is 0.767. The Hall–Kier alpha value is -1.71. The van der Waals surface area contributed by atoms with E-state index in [0.29, 0.717) is 0 Å². The first-order valence-electron chi connectivity index (χ1n) is 10.9. The number of nitrogens with zero attached hydrogens (tertiary/aromatic N) is 3. The van der Waals surface area contributed by atoms with Gasteiger partial charge in [0.05, 0.1) is 10.9 Å². The third-order valence-electron chi connectivity index (χ3n) is 4.26. The van der Waals surface area contributed by atoms with Crippen molar-refractivity contribution in [2.75, 3.05) is 12.4 Å². The van der Waals surface area contributed by atoms with Crippen molar-refractivity contribution in [2.45, 2.75) is 98.8 Å². The summed E-state index contributed by atoms with van der Waals surface area (Å²) in [5.74, 6) is 1.60. The molecule has 4 heteroatoms. The zero-order chi connectivity index (χ0) is 20.3. The van der Waals surface area contributed by atoms with Crippen LogP contribution >= 0.6 is 0 Å². The van der Waals surface area contributed by atoms with Crippen LogP contribution in [0.1, 0.15) is 97.7 Å². The molecule has 0 aliphatic heterocycles. The molecule has 1 N–H and O–H groups in total. The van der Waals surface area contributed by atoms with Crippen LogP contribution in [0.5, 0.6) is 0 Å². The van der Waals surface area contributed by atoms with Gasteiger partial charge in [-0.25, -0.2) is 9.97 Å². The fraction of sp³-hybridized carbons (Fsp3) is 0.696. The second-order valence-corrected chi connectivity index (χ2v) is 6.88. The molecule has 0 unspecified atom stereocenters. The highest BCUT2D eigenvalue weighted by atomic mass is 15.0. The molecule has 0 spiro atoms. The quantitative estimate of drug-likeness (QED) is 0.467. The van der Waals surface area contributed by atoms with Crippen LogP contribution in [0.4, 0.5) is 5.82 Å². The molecule has 0 saturated heterocycles. The van der Waals surface area contributed by atoms with E-state index in [1.165, 1.54) is 64.2 Å². The molecule has 2 heterocycles. The first-order chi connectivity index (χ1) is 13.1. The third-order valence-corrected chi connectivity index (χ3v) is 4.26. The molecule has 0 aliphatic carbocycles. The van der Waals surface area contributed by atoms with Crippen LogP contribution in [0.2, 0.25) is 0 Å². The smallest absolute Gasteiger partial charge is 0.138 e. The summed E-state index contributed by atoms with van der Waals surface area (Å²) in [6.45, 7) is 10.9. The fourth-order valence-corrected chi connectivity index (χ4v) is 2.63. The van der Waals surface area contributed by atoms with Crippen LogP contribution in [0.3, 0.4) is 0 Å². The zero-order valence-corrected chi connectivity index (χ0v) is 18.6. The number of aromatic nitrogens is 3. The molecule has 0 bridgehead atoms. The number of aryl methyl sites for hydroxylation is 1. The molecule has 154 valence electrons. The molecule has 0 amide bonds. The van der Waals surface area contributed by atoms with Gasteiger partial charge in [-0.15, -0.1) is 0 Å². The lowest BCUT2D eigenvalue weighted by Crippen LogP contribution is -1.98.